The van der Waals surface area contributed by atoms with E-state index in [1.165, 1.54) is 24.0 Å². The summed E-state index contributed by atoms with van der Waals surface area (Å²) in [5, 5.41) is 9.89. The molecule has 160 valence electrons. The molecule has 2 N–H and O–H groups in total. The van der Waals surface area contributed by atoms with Gasteiger partial charge in [-0.1, -0.05) is 40.2 Å². The van der Waals surface area contributed by atoms with Gasteiger partial charge >= 0.3 is 0 Å². The van der Waals surface area contributed by atoms with E-state index in [9.17, 15) is 5.26 Å². The van der Waals surface area contributed by atoms with E-state index in [-0.39, 0.29) is 0 Å². The van der Waals surface area contributed by atoms with Gasteiger partial charge in [-0.15, -0.1) is 0 Å². The molecule has 2 heterocycles. The van der Waals surface area contributed by atoms with Crippen molar-refractivity contribution in [1.82, 2.24) is 9.97 Å². The summed E-state index contributed by atoms with van der Waals surface area (Å²) in [6.45, 7) is 10.8. The largest absolute Gasteiger partial charge is 0.398 e. The van der Waals surface area contributed by atoms with Crippen LogP contribution in [0.3, 0.4) is 0 Å². The molecule has 1 aromatic carbocycles. The predicted octanol–water partition coefficient (Wildman–Crippen LogP) is 5.15. The second kappa shape index (κ2) is 9.93. The number of rotatable bonds is 8. The topological polar surface area (TPSA) is 78.8 Å². The van der Waals surface area contributed by atoms with Gasteiger partial charge in [0, 0.05) is 37.2 Å². The molecule has 3 rings (SSSR count). The molecule has 30 heavy (non-hydrogen) atoms. The molecule has 5 nitrogen and oxygen atoms in total. The smallest absolute Gasteiger partial charge is 0.135 e. The lowest BCUT2D eigenvalue weighted by Crippen LogP contribution is -2.23. The SMILES string of the molecule is CCCc1c(Cc2c([C@@H](C)CC)ccc(N)c2C#N)nc(CC)nc1N1CCCC1. The second-order valence-corrected chi connectivity index (χ2v) is 8.38. The van der Waals surface area contributed by atoms with Crippen molar-refractivity contribution >= 4 is 11.5 Å². The fraction of sp³-hybridized carbons (Fsp3) is 0.560. The van der Waals surface area contributed by atoms with Crippen LogP contribution in [0.4, 0.5) is 11.5 Å². The van der Waals surface area contributed by atoms with Crippen molar-refractivity contribution in [1.29, 1.82) is 5.26 Å². The zero-order chi connectivity index (χ0) is 21.7. The average molecular weight is 406 g/mol. The molecule has 5 heteroatoms. The molecule has 0 spiro atoms. The standard InChI is InChI=1S/C25H35N5/c1-5-10-19-23(28-24(7-3)29-25(19)30-13-8-9-14-30)15-20-18(17(4)6-2)11-12-22(27)21(20)16-26/h11-12,17H,5-10,13-15,27H2,1-4H3/t17-/m0/s1. The van der Waals surface area contributed by atoms with Crippen molar-refractivity contribution in [3.8, 4) is 6.07 Å². The first-order valence-electron chi connectivity index (χ1n) is 11.5. The van der Waals surface area contributed by atoms with Gasteiger partial charge in [-0.25, -0.2) is 9.97 Å². The van der Waals surface area contributed by atoms with Crippen LogP contribution in [-0.4, -0.2) is 23.1 Å². The quantitative estimate of drug-likeness (QED) is 0.614. The van der Waals surface area contributed by atoms with Crippen LogP contribution in [0.5, 0.6) is 0 Å². The van der Waals surface area contributed by atoms with Gasteiger partial charge in [0.1, 0.15) is 17.7 Å². The van der Waals surface area contributed by atoms with Gasteiger partial charge in [-0.05, 0) is 48.8 Å². The molecule has 1 fully saturated rings. The number of benzene rings is 1. The molecule has 1 aliphatic heterocycles. The fourth-order valence-electron chi connectivity index (χ4n) is 4.42. The Bertz CT molecular complexity index is 922. The number of nitrogen functional groups attached to an aromatic ring is 1. The van der Waals surface area contributed by atoms with E-state index >= 15 is 0 Å². The van der Waals surface area contributed by atoms with Crippen LogP contribution in [0.25, 0.3) is 0 Å². The third-order valence-electron chi connectivity index (χ3n) is 6.32. The minimum Gasteiger partial charge on any atom is -0.398 e. The molecule has 0 amide bonds. The highest BCUT2D eigenvalue weighted by atomic mass is 15.2. The molecule has 1 aliphatic rings. The highest BCUT2D eigenvalue weighted by Gasteiger charge is 2.24. The average Bonchev–Trinajstić information content (AvgIpc) is 3.29. The lowest BCUT2D eigenvalue weighted by atomic mass is 9.87. The number of nitrogens with zero attached hydrogens (tertiary/aromatic N) is 4. The summed E-state index contributed by atoms with van der Waals surface area (Å²) < 4.78 is 0. The summed E-state index contributed by atoms with van der Waals surface area (Å²) in [7, 11) is 0. The Kier molecular flexibility index (Phi) is 7.31. The molecule has 1 aromatic heterocycles. The minimum absolute atomic E-state index is 0.368. The Labute approximate surface area is 181 Å². The van der Waals surface area contributed by atoms with Crippen LogP contribution in [0.1, 0.15) is 93.1 Å². The number of nitrogens with two attached hydrogens (primary N) is 1. The van der Waals surface area contributed by atoms with E-state index in [0.29, 0.717) is 23.6 Å². The second-order valence-electron chi connectivity index (χ2n) is 8.38. The molecular weight excluding hydrogens is 370 g/mol. The van der Waals surface area contributed by atoms with Crippen molar-refractivity contribution in [3.05, 3.63) is 45.9 Å². The zero-order valence-electron chi connectivity index (χ0n) is 19.0. The van der Waals surface area contributed by atoms with Gasteiger partial charge in [0.05, 0.1) is 11.3 Å². The number of aryl methyl sites for hydroxylation is 1. The number of aromatic nitrogens is 2. The summed E-state index contributed by atoms with van der Waals surface area (Å²) >= 11 is 0. The first kappa shape index (κ1) is 22.1. The normalized spacial score (nSPS) is 14.7. The minimum atomic E-state index is 0.368. The third kappa shape index (κ3) is 4.43. The maximum absolute atomic E-state index is 9.89. The molecule has 1 atom stereocenters. The van der Waals surface area contributed by atoms with Crippen molar-refractivity contribution in [3.63, 3.8) is 0 Å². The Morgan fingerprint density at radius 3 is 2.47 bits per heavy atom. The van der Waals surface area contributed by atoms with Crippen LogP contribution >= 0.6 is 0 Å². The van der Waals surface area contributed by atoms with Crippen molar-refractivity contribution in [2.75, 3.05) is 23.7 Å². The van der Waals surface area contributed by atoms with Crippen LogP contribution < -0.4 is 10.6 Å². The van der Waals surface area contributed by atoms with Gasteiger partial charge in [0.2, 0.25) is 0 Å². The lowest BCUT2D eigenvalue weighted by Gasteiger charge is -2.24. The molecule has 0 unspecified atom stereocenters. The highest BCUT2D eigenvalue weighted by Crippen LogP contribution is 2.33. The Hall–Kier alpha value is -2.61. The van der Waals surface area contributed by atoms with Gasteiger partial charge < -0.3 is 10.6 Å². The summed E-state index contributed by atoms with van der Waals surface area (Å²) in [6, 6.07) is 6.35. The Morgan fingerprint density at radius 2 is 1.87 bits per heavy atom. The summed E-state index contributed by atoms with van der Waals surface area (Å²) in [4.78, 5) is 12.4. The number of hydrogen-bond acceptors (Lipinski definition) is 5. The molecule has 0 radical (unpaired) electrons. The van der Waals surface area contributed by atoms with E-state index in [1.54, 1.807) is 0 Å². The van der Waals surface area contributed by atoms with E-state index in [0.717, 1.165) is 61.7 Å². The van der Waals surface area contributed by atoms with E-state index in [4.69, 9.17) is 15.7 Å². The van der Waals surface area contributed by atoms with Gasteiger partial charge in [-0.3, -0.25) is 0 Å². The van der Waals surface area contributed by atoms with E-state index in [2.05, 4.69) is 44.7 Å². The maximum Gasteiger partial charge on any atom is 0.135 e. The molecule has 0 aliphatic carbocycles. The number of anilines is 2. The first-order chi connectivity index (χ1) is 14.5. The number of hydrogen-bond donors (Lipinski definition) is 1. The van der Waals surface area contributed by atoms with Crippen molar-refractivity contribution in [2.24, 2.45) is 0 Å². The molecular formula is C25H35N5. The van der Waals surface area contributed by atoms with Crippen molar-refractivity contribution < 1.29 is 0 Å². The molecule has 0 saturated carbocycles. The Balaban J connectivity index is 2.18. The summed E-state index contributed by atoms with van der Waals surface area (Å²) in [5.41, 5.74) is 11.9. The van der Waals surface area contributed by atoms with Gasteiger partial charge in [0.15, 0.2) is 0 Å². The lowest BCUT2D eigenvalue weighted by molar-refractivity contribution is 0.721. The third-order valence-corrected chi connectivity index (χ3v) is 6.32. The van der Waals surface area contributed by atoms with Crippen LogP contribution in [0, 0.1) is 11.3 Å². The highest BCUT2D eigenvalue weighted by molar-refractivity contribution is 5.62. The van der Waals surface area contributed by atoms with E-state index in [1.807, 2.05) is 6.07 Å². The van der Waals surface area contributed by atoms with Crippen molar-refractivity contribution in [2.45, 2.75) is 78.6 Å². The van der Waals surface area contributed by atoms with Crippen LogP contribution in [0.2, 0.25) is 0 Å². The van der Waals surface area contributed by atoms with Crippen LogP contribution in [0.15, 0.2) is 12.1 Å². The van der Waals surface area contributed by atoms with Crippen LogP contribution in [-0.2, 0) is 19.3 Å². The van der Waals surface area contributed by atoms with Gasteiger partial charge in [-0.2, -0.15) is 5.26 Å². The predicted molar refractivity (Wildman–Crippen MR) is 124 cm³/mol. The summed E-state index contributed by atoms with van der Waals surface area (Å²) in [5.74, 6) is 2.37. The monoisotopic (exact) mass is 405 g/mol. The zero-order valence-corrected chi connectivity index (χ0v) is 19.0. The molecule has 2 aromatic rings. The fourth-order valence-corrected chi connectivity index (χ4v) is 4.42. The summed E-state index contributed by atoms with van der Waals surface area (Å²) in [6.07, 6.45) is 6.90. The molecule has 0 bridgehead atoms. The van der Waals surface area contributed by atoms with E-state index < -0.39 is 0 Å². The number of nitriles is 1. The van der Waals surface area contributed by atoms with Gasteiger partial charge in [0.25, 0.3) is 0 Å². The first-order valence-corrected chi connectivity index (χ1v) is 11.5. The molecule has 1 saturated heterocycles. The Morgan fingerprint density at radius 1 is 1.13 bits per heavy atom. The maximum atomic E-state index is 9.89.